The quantitative estimate of drug-likeness (QED) is 0.409. The van der Waals surface area contributed by atoms with E-state index in [9.17, 15) is 5.11 Å². The van der Waals surface area contributed by atoms with Gasteiger partial charge in [0.15, 0.2) is 0 Å². The Labute approximate surface area is 181 Å². The molecule has 0 aromatic heterocycles. The summed E-state index contributed by atoms with van der Waals surface area (Å²) >= 11 is -2.17. The van der Waals surface area contributed by atoms with E-state index in [1.165, 1.54) is 5.56 Å². The molecule has 134 valence electrons. The number of rotatable bonds is 2. The van der Waals surface area contributed by atoms with Crippen molar-refractivity contribution in [2.75, 3.05) is 0 Å². The first kappa shape index (κ1) is 28.1. The predicted molar refractivity (Wildman–Crippen MR) is 109 cm³/mol. The van der Waals surface area contributed by atoms with Gasteiger partial charge in [0.05, 0.1) is 0 Å². The fourth-order valence-electron chi connectivity index (χ4n) is 1.89. The fourth-order valence-corrected chi connectivity index (χ4v) is 5.29. The van der Waals surface area contributed by atoms with Crippen LogP contribution in [0.4, 0.5) is 0 Å². The monoisotopic (exact) mass is 521 g/mol. The molecule has 2 saturated carbocycles. The number of hydrogen-bond acceptors (Lipinski definition) is 1. The van der Waals surface area contributed by atoms with Crippen LogP contribution in [0.1, 0.15) is 15.2 Å². The topological polar surface area (TPSA) is 20.2 Å². The molecule has 0 aliphatic heterocycles. The van der Waals surface area contributed by atoms with Crippen molar-refractivity contribution in [3.63, 3.8) is 0 Å². The van der Waals surface area contributed by atoms with E-state index in [1.807, 2.05) is 76.3 Å². The van der Waals surface area contributed by atoms with E-state index >= 15 is 0 Å². The summed E-state index contributed by atoms with van der Waals surface area (Å²) in [5.41, 5.74) is 2.34. The molecule has 25 heavy (non-hydrogen) atoms. The summed E-state index contributed by atoms with van der Waals surface area (Å²) in [6, 6.07) is 8.22. The van der Waals surface area contributed by atoms with Crippen molar-refractivity contribution in [1.82, 2.24) is 0 Å². The van der Waals surface area contributed by atoms with Gasteiger partial charge in [0.2, 0.25) is 0 Å². The van der Waals surface area contributed by atoms with E-state index < -0.39 is 18.4 Å². The van der Waals surface area contributed by atoms with Crippen LogP contribution in [0.3, 0.4) is 0 Å². The van der Waals surface area contributed by atoms with E-state index in [2.05, 4.69) is 33.9 Å². The fraction of sp³-hybridized carbons (Fsp3) is 0.227. The van der Waals surface area contributed by atoms with Crippen molar-refractivity contribution in [3.8, 4) is 0 Å². The standard InChI is InChI=1S/C8H9O.2C5H5.4CH3.Sn.Zr/c1-7-2-4-8(6-9)5-3-7;2*1-2-4-5-3-1;;;;;;/h2-6,9H,1H3;2*1-5H;4*1H3;;/q;;;;;;-1;;. The Bertz CT molecular complexity index is 378. The number of aliphatic hydroxyl groups is 1. The predicted octanol–water partition coefficient (Wildman–Crippen LogP) is 5.40. The van der Waals surface area contributed by atoms with Gasteiger partial charge in [0, 0.05) is 26.2 Å². The first-order valence-corrected chi connectivity index (χ1v) is 18.2. The van der Waals surface area contributed by atoms with Crippen molar-refractivity contribution in [1.29, 1.82) is 0 Å². The second-order valence-electron chi connectivity index (χ2n) is 6.60. The van der Waals surface area contributed by atoms with Crippen LogP contribution in [0, 0.1) is 78.6 Å². The smallest absolute Gasteiger partial charge is 0 e. The van der Waals surface area contributed by atoms with Crippen LogP contribution >= 0.6 is 0 Å². The third-order valence-corrected chi connectivity index (χ3v) is 8.96. The molecule has 1 atom stereocenters. The second kappa shape index (κ2) is 15.9. The van der Waals surface area contributed by atoms with Gasteiger partial charge in [0.25, 0.3) is 0 Å². The molecule has 0 bridgehead atoms. The average molecular weight is 521 g/mol. The van der Waals surface area contributed by atoms with Crippen LogP contribution in [0.2, 0.25) is 14.8 Å². The summed E-state index contributed by atoms with van der Waals surface area (Å²) < 4.78 is -0.171. The number of aliphatic hydroxyl groups excluding tert-OH is 1. The molecule has 0 amide bonds. The molecule has 1 aromatic rings. The molecular weight excluding hydrogens is 490 g/mol. The largest absolute Gasteiger partial charge is 0.358 e. The maximum Gasteiger partial charge on any atom is 0 e. The molecule has 1 unspecified atom stereocenters. The molecule has 2 aliphatic carbocycles. The minimum absolute atomic E-state index is 0. The Balaban J connectivity index is 0. The van der Waals surface area contributed by atoms with Gasteiger partial charge in [0.1, 0.15) is 0 Å². The molecule has 2 fully saturated rings. The third kappa shape index (κ3) is 13.6. The van der Waals surface area contributed by atoms with E-state index in [1.54, 1.807) is 0 Å². The maximum atomic E-state index is 10.0. The molecular formula is C22H31OSnZr-. The number of benzene rings is 1. The summed E-state index contributed by atoms with van der Waals surface area (Å²) in [5, 5.41) is 10.0. The summed E-state index contributed by atoms with van der Waals surface area (Å²) in [6.07, 6.45) is 20.0. The molecule has 0 heterocycles. The van der Waals surface area contributed by atoms with E-state index in [-0.39, 0.29) is 37.7 Å². The Hall–Kier alpha value is 0.862. The van der Waals surface area contributed by atoms with Gasteiger partial charge in [-0.15, -0.1) is 0 Å². The summed E-state index contributed by atoms with van der Waals surface area (Å²) in [7, 11) is 0. The van der Waals surface area contributed by atoms with Crippen LogP contribution in [0.15, 0.2) is 24.3 Å². The zero-order valence-corrected chi connectivity index (χ0v) is 21.4. The first-order valence-electron chi connectivity index (χ1n) is 7.99. The Morgan fingerprint density at radius 2 is 0.960 bits per heavy atom. The first-order chi connectivity index (χ1) is 10.9. The van der Waals surface area contributed by atoms with Crippen LogP contribution in [0.5, 0.6) is 0 Å². The minimum Gasteiger partial charge on any atom is -0.358 e. The molecule has 3 rings (SSSR count). The van der Waals surface area contributed by atoms with E-state index in [4.69, 9.17) is 0 Å². The molecule has 10 radical (unpaired) electrons. The van der Waals surface area contributed by atoms with Gasteiger partial charge >= 0.3 is 84.7 Å². The summed E-state index contributed by atoms with van der Waals surface area (Å²) in [5.74, 6) is 0. The third-order valence-electron chi connectivity index (χ3n) is 3.32. The van der Waals surface area contributed by atoms with Crippen molar-refractivity contribution in [2.24, 2.45) is 0 Å². The SMILES string of the molecule is Cc1ccc([CH](O)[Sn]([CH3])([CH3])[CH3])cc1.[CH3-].[CH]1[CH][CH][CH][CH]1.[CH]1[CH][CH][CH][CH]1.[Zr]. The molecule has 0 spiro atoms. The normalized spacial score (nSPS) is 17.0. The van der Waals surface area contributed by atoms with Crippen molar-refractivity contribution in [2.45, 2.75) is 25.9 Å². The summed E-state index contributed by atoms with van der Waals surface area (Å²) in [4.78, 5) is 6.75. The van der Waals surface area contributed by atoms with Crippen LogP contribution in [-0.2, 0) is 26.2 Å². The molecule has 1 N–H and O–H groups in total. The molecule has 1 aromatic carbocycles. The van der Waals surface area contributed by atoms with Gasteiger partial charge in [-0.25, -0.2) is 0 Å². The Morgan fingerprint density at radius 3 is 1.20 bits per heavy atom. The van der Waals surface area contributed by atoms with Gasteiger partial charge < -0.3 is 7.43 Å². The van der Waals surface area contributed by atoms with Crippen LogP contribution in [-0.4, -0.2) is 23.5 Å². The van der Waals surface area contributed by atoms with Crippen LogP contribution < -0.4 is 0 Å². The molecule has 0 saturated heterocycles. The second-order valence-corrected chi connectivity index (χ2v) is 21.7. The molecule has 2 aliphatic rings. The van der Waals surface area contributed by atoms with Gasteiger partial charge in [-0.05, 0) is 64.2 Å². The van der Waals surface area contributed by atoms with Gasteiger partial charge in [-0.1, -0.05) is 0 Å². The van der Waals surface area contributed by atoms with Gasteiger partial charge in [-0.3, -0.25) is 0 Å². The van der Waals surface area contributed by atoms with Gasteiger partial charge in [-0.2, -0.15) is 0 Å². The maximum absolute atomic E-state index is 10.0. The average Bonchev–Trinajstić information content (AvgIpc) is 3.24. The van der Waals surface area contributed by atoms with E-state index in [0.717, 1.165) is 5.56 Å². The van der Waals surface area contributed by atoms with E-state index in [0.29, 0.717) is 0 Å². The number of hydrogen-bond donors (Lipinski definition) is 1. The number of aryl methyl sites for hydroxylation is 1. The molecule has 3 heteroatoms. The zero-order valence-electron chi connectivity index (χ0n) is 16.1. The Kier molecular flexibility index (Phi) is 17.8. The zero-order chi connectivity index (χ0) is 17.1. The van der Waals surface area contributed by atoms with Crippen LogP contribution in [0.25, 0.3) is 0 Å². The van der Waals surface area contributed by atoms with Crippen molar-refractivity contribution >= 4 is 18.4 Å². The van der Waals surface area contributed by atoms with Crippen molar-refractivity contribution < 1.29 is 31.3 Å². The Morgan fingerprint density at radius 1 is 0.680 bits per heavy atom. The summed E-state index contributed by atoms with van der Waals surface area (Å²) in [6.45, 7) is 2.07. The van der Waals surface area contributed by atoms with Crippen molar-refractivity contribution in [3.05, 3.63) is 107 Å². The minimum atomic E-state index is -2.17. The molecule has 1 nitrogen and oxygen atoms in total.